The highest BCUT2D eigenvalue weighted by Gasteiger charge is 2.27. The zero-order chi connectivity index (χ0) is 20.8. The summed E-state index contributed by atoms with van der Waals surface area (Å²) in [5.41, 5.74) is 2.27. The summed E-state index contributed by atoms with van der Waals surface area (Å²) >= 11 is 0. The molecule has 4 rings (SSSR count). The molecule has 0 aliphatic carbocycles. The predicted octanol–water partition coefficient (Wildman–Crippen LogP) is 3.89. The van der Waals surface area contributed by atoms with E-state index < -0.39 is 0 Å². The number of carbonyl (C=O) groups is 1. The van der Waals surface area contributed by atoms with Crippen LogP contribution in [-0.4, -0.2) is 58.0 Å². The number of amides is 1. The molecule has 1 amide bonds. The molecule has 1 aromatic heterocycles. The Morgan fingerprint density at radius 1 is 0.933 bits per heavy atom. The second kappa shape index (κ2) is 9.72. The lowest BCUT2D eigenvalue weighted by Crippen LogP contribution is -2.50. The van der Waals surface area contributed by atoms with Crippen LogP contribution in [0.3, 0.4) is 0 Å². The highest BCUT2D eigenvalue weighted by Crippen LogP contribution is 2.23. The lowest BCUT2D eigenvalue weighted by atomic mass is 9.95. The summed E-state index contributed by atoms with van der Waals surface area (Å²) in [6.07, 6.45) is 4.76. The van der Waals surface area contributed by atoms with Gasteiger partial charge < -0.3 is 9.47 Å². The SMILES string of the molecule is CC[C@H](C(=O)N1CCN(CCn2ccnc2-c2ccccc2)CC1)c1ccccc1. The van der Waals surface area contributed by atoms with Crippen LogP contribution in [0, 0.1) is 0 Å². The first-order valence-electron chi connectivity index (χ1n) is 10.9. The van der Waals surface area contributed by atoms with Gasteiger partial charge in [-0.15, -0.1) is 0 Å². The third-order valence-corrected chi connectivity index (χ3v) is 6.00. The molecule has 2 aromatic carbocycles. The maximum Gasteiger partial charge on any atom is 0.230 e. The van der Waals surface area contributed by atoms with E-state index in [0.717, 1.165) is 62.6 Å². The largest absolute Gasteiger partial charge is 0.340 e. The normalized spacial score (nSPS) is 15.8. The van der Waals surface area contributed by atoms with E-state index in [2.05, 4.69) is 45.6 Å². The number of hydrogen-bond acceptors (Lipinski definition) is 3. The van der Waals surface area contributed by atoms with Crippen LogP contribution in [0.15, 0.2) is 73.1 Å². The fourth-order valence-electron chi connectivity index (χ4n) is 4.24. The van der Waals surface area contributed by atoms with Crippen LogP contribution >= 0.6 is 0 Å². The minimum absolute atomic E-state index is 0.0304. The fourth-order valence-corrected chi connectivity index (χ4v) is 4.24. The molecule has 2 heterocycles. The van der Waals surface area contributed by atoms with E-state index >= 15 is 0 Å². The molecule has 0 saturated carbocycles. The Kier molecular flexibility index (Phi) is 6.60. The third kappa shape index (κ3) is 4.62. The molecule has 1 aliphatic rings. The predicted molar refractivity (Wildman–Crippen MR) is 120 cm³/mol. The van der Waals surface area contributed by atoms with E-state index in [1.54, 1.807) is 0 Å². The van der Waals surface area contributed by atoms with Crippen molar-refractivity contribution in [2.75, 3.05) is 32.7 Å². The summed E-state index contributed by atoms with van der Waals surface area (Å²) in [5.74, 6) is 1.25. The van der Waals surface area contributed by atoms with E-state index in [1.807, 2.05) is 53.7 Å². The Bertz CT molecular complexity index is 930. The van der Waals surface area contributed by atoms with Gasteiger partial charge in [0.05, 0.1) is 5.92 Å². The molecule has 1 fully saturated rings. The first-order chi connectivity index (χ1) is 14.8. The van der Waals surface area contributed by atoms with Crippen molar-refractivity contribution in [3.63, 3.8) is 0 Å². The van der Waals surface area contributed by atoms with Crippen LogP contribution in [-0.2, 0) is 11.3 Å². The van der Waals surface area contributed by atoms with Gasteiger partial charge in [-0.05, 0) is 12.0 Å². The molecule has 1 aliphatic heterocycles. The Morgan fingerprint density at radius 2 is 1.60 bits per heavy atom. The third-order valence-electron chi connectivity index (χ3n) is 6.00. The monoisotopic (exact) mass is 402 g/mol. The zero-order valence-corrected chi connectivity index (χ0v) is 17.7. The van der Waals surface area contributed by atoms with Crippen molar-refractivity contribution in [3.8, 4) is 11.4 Å². The number of aromatic nitrogens is 2. The minimum Gasteiger partial charge on any atom is -0.340 e. The molecule has 5 nitrogen and oxygen atoms in total. The van der Waals surface area contributed by atoms with E-state index in [0.29, 0.717) is 0 Å². The Labute approximate surface area is 179 Å². The second-order valence-corrected chi connectivity index (χ2v) is 7.85. The maximum absolute atomic E-state index is 13.1. The molecule has 30 heavy (non-hydrogen) atoms. The molecule has 5 heteroatoms. The summed E-state index contributed by atoms with van der Waals surface area (Å²) in [7, 11) is 0. The molecule has 0 radical (unpaired) electrons. The van der Waals surface area contributed by atoms with Crippen molar-refractivity contribution in [3.05, 3.63) is 78.6 Å². The number of imidazole rings is 1. The number of nitrogens with zero attached hydrogens (tertiary/aromatic N) is 4. The van der Waals surface area contributed by atoms with E-state index in [1.165, 1.54) is 0 Å². The summed E-state index contributed by atoms with van der Waals surface area (Å²) in [5, 5.41) is 0. The molecular weight excluding hydrogens is 372 g/mol. The highest BCUT2D eigenvalue weighted by molar-refractivity contribution is 5.83. The van der Waals surface area contributed by atoms with Crippen LogP contribution in [0.2, 0.25) is 0 Å². The molecule has 1 atom stereocenters. The molecule has 0 N–H and O–H groups in total. The summed E-state index contributed by atoms with van der Waals surface area (Å²) in [6.45, 7) is 7.42. The van der Waals surface area contributed by atoms with Crippen LogP contribution in [0.5, 0.6) is 0 Å². The van der Waals surface area contributed by atoms with Gasteiger partial charge >= 0.3 is 0 Å². The molecule has 0 spiro atoms. The van der Waals surface area contributed by atoms with Crippen LogP contribution < -0.4 is 0 Å². The first-order valence-corrected chi connectivity index (χ1v) is 10.9. The molecular formula is C25H30N4O. The molecule has 0 bridgehead atoms. The van der Waals surface area contributed by atoms with Gasteiger partial charge in [0, 0.05) is 57.2 Å². The number of benzene rings is 2. The molecule has 1 saturated heterocycles. The number of carbonyl (C=O) groups excluding carboxylic acids is 1. The van der Waals surface area contributed by atoms with Gasteiger partial charge in [-0.3, -0.25) is 9.69 Å². The van der Waals surface area contributed by atoms with Gasteiger partial charge in [-0.1, -0.05) is 67.6 Å². The number of piperazine rings is 1. The van der Waals surface area contributed by atoms with Gasteiger partial charge in [-0.2, -0.15) is 0 Å². The van der Waals surface area contributed by atoms with E-state index in [-0.39, 0.29) is 11.8 Å². The lowest BCUT2D eigenvalue weighted by molar-refractivity contribution is -0.134. The number of hydrogen-bond donors (Lipinski definition) is 0. The van der Waals surface area contributed by atoms with Gasteiger partial charge in [0.15, 0.2) is 0 Å². The molecule has 156 valence electrons. The summed E-state index contributed by atoms with van der Waals surface area (Å²) in [4.78, 5) is 22.1. The van der Waals surface area contributed by atoms with Crippen molar-refractivity contribution >= 4 is 5.91 Å². The van der Waals surface area contributed by atoms with E-state index in [4.69, 9.17) is 0 Å². The van der Waals surface area contributed by atoms with Crippen molar-refractivity contribution in [2.24, 2.45) is 0 Å². The van der Waals surface area contributed by atoms with Gasteiger partial charge in [-0.25, -0.2) is 4.98 Å². The fraction of sp³-hybridized carbons (Fsp3) is 0.360. The lowest BCUT2D eigenvalue weighted by Gasteiger charge is -2.36. The second-order valence-electron chi connectivity index (χ2n) is 7.85. The van der Waals surface area contributed by atoms with E-state index in [9.17, 15) is 4.79 Å². The first kappa shape index (κ1) is 20.4. The Hall–Kier alpha value is -2.92. The topological polar surface area (TPSA) is 41.4 Å². The maximum atomic E-state index is 13.1. The zero-order valence-electron chi connectivity index (χ0n) is 17.7. The standard InChI is InChI=1S/C25H30N4O/c1-2-23(21-9-5-3-6-10-21)25(30)29-19-16-27(17-20-29)15-18-28-14-13-26-24(28)22-11-7-4-8-12-22/h3-14,23H,2,15-20H2,1H3/t23-/m0/s1. The Balaban J connectivity index is 1.30. The molecule has 0 unspecified atom stereocenters. The summed E-state index contributed by atoms with van der Waals surface area (Å²) in [6, 6.07) is 20.5. The smallest absolute Gasteiger partial charge is 0.230 e. The quantitative estimate of drug-likeness (QED) is 0.602. The van der Waals surface area contributed by atoms with Gasteiger partial charge in [0.2, 0.25) is 5.91 Å². The van der Waals surface area contributed by atoms with Gasteiger partial charge in [0.25, 0.3) is 0 Å². The average Bonchev–Trinajstić information content (AvgIpc) is 3.28. The summed E-state index contributed by atoms with van der Waals surface area (Å²) < 4.78 is 2.22. The average molecular weight is 403 g/mol. The Morgan fingerprint density at radius 3 is 2.27 bits per heavy atom. The van der Waals surface area contributed by atoms with Crippen LogP contribution in [0.1, 0.15) is 24.8 Å². The minimum atomic E-state index is -0.0304. The molecule has 3 aromatic rings. The van der Waals surface area contributed by atoms with Crippen molar-refractivity contribution in [2.45, 2.75) is 25.8 Å². The number of rotatable bonds is 7. The van der Waals surface area contributed by atoms with Gasteiger partial charge in [0.1, 0.15) is 5.82 Å². The van der Waals surface area contributed by atoms with Crippen molar-refractivity contribution in [1.82, 2.24) is 19.4 Å². The van der Waals surface area contributed by atoms with Crippen LogP contribution in [0.25, 0.3) is 11.4 Å². The van der Waals surface area contributed by atoms with Crippen molar-refractivity contribution < 1.29 is 4.79 Å². The van der Waals surface area contributed by atoms with Crippen LogP contribution in [0.4, 0.5) is 0 Å². The highest BCUT2D eigenvalue weighted by atomic mass is 16.2. The van der Waals surface area contributed by atoms with Crippen molar-refractivity contribution in [1.29, 1.82) is 0 Å².